The highest BCUT2D eigenvalue weighted by Gasteiger charge is 1.97. The summed E-state index contributed by atoms with van der Waals surface area (Å²) in [6.45, 7) is 0.594. The molecule has 2 rings (SSSR count). The van der Waals surface area contributed by atoms with Gasteiger partial charge in [-0.15, -0.1) is 0 Å². The van der Waals surface area contributed by atoms with Crippen LogP contribution >= 0.6 is 0 Å². The van der Waals surface area contributed by atoms with Gasteiger partial charge < -0.3 is 5.73 Å². The van der Waals surface area contributed by atoms with Gasteiger partial charge in [0.05, 0.1) is 0 Å². The van der Waals surface area contributed by atoms with Gasteiger partial charge in [0.2, 0.25) is 0 Å². The average molecular weight is 187 g/mol. The Labute approximate surface area is 83.0 Å². The van der Waals surface area contributed by atoms with Crippen molar-refractivity contribution in [2.75, 3.05) is 0 Å². The molecule has 0 spiro atoms. The standard InChI is InChI=1S/C11H13N3/c12-8-10-3-1-2-9(6-10)7-11-4-5-13-14-11/h1-6H,7-8,12H2,(H,13,14). The van der Waals surface area contributed by atoms with Crippen LogP contribution < -0.4 is 5.73 Å². The Morgan fingerprint density at radius 2 is 2.07 bits per heavy atom. The van der Waals surface area contributed by atoms with Gasteiger partial charge >= 0.3 is 0 Å². The number of rotatable bonds is 3. The lowest BCUT2D eigenvalue weighted by atomic mass is 10.1. The number of nitrogens with two attached hydrogens (primary N) is 1. The largest absolute Gasteiger partial charge is 0.326 e. The summed E-state index contributed by atoms with van der Waals surface area (Å²) in [7, 11) is 0. The summed E-state index contributed by atoms with van der Waals surface area (Å²) in [5.74, 6) is 0. The molecule has 3 heteroatoms. The summed E-state index contributed by atoms with van der Waals surface area (Å²) in [4.78, 5) is 0. The molecule has 0 fully saturated rings. The molecule has 1 aromatic carbocycles. The Kier molecular flexibility index (Phi) is 2.60. The first-order valence-electron chi connectivity index (χ1n) is 4.64. The minimum Gasteiger partial charge on any atom is -0.326 e. The molecule has 0 aliphatic heterocycles. The Morgan fingerprint density at radius 1 is 1.21 bits per heavy atom. The predicted molar refractivity (Wildman–Crippen MR) is 55.7 cm³/mol. The molecule has 0 radical (unpaired) electrons. The Bertz CT molecular complexity index is 393. The molecule has 72 valence electrons. The molecule has 14 heavy (non-hydrogen) atoms. The first kappa shape index (κ1) is 8.97. The molecule has 1 heterocycles. The second-order valence-corrected chi connectivity index (χ2v) is 3.28. The summed E-state index contributed by atoms with van der Waals surface area (Å²) >= 11 is 0. The molecule has 0 atom stereocenters. The number of hydrogen-bond donors (Lipinski definition) is 2. The summed E-state index contributed by atoms with van der Waals surface area (Å²) in [5, 5.41) is 6.85. The number of aromatic amines is 1. The van der Waals surface area contributed by atoms with Crippen LogP contribution in [0.1, 0.15) is 16.8 Å². The van der Waals surface area contributed by atoms with E-state index >= 15 is 0 Å². The van der Waals surface area contributed by atoms with Gasteiger partial charge in [-0.3, -0.25) is 5.10 Å². The van der Waals surface area contributed by atoms with Crippen LogP contribution in [0.5, 0.6) is 0 Å². The first-order valence-corrected chi connectivity index (χ1v) is 4.64. The van der Waals surface area contributed by atoms with Crippen LogP contribution in [0.15, 0.2) is 36.5 Å². The fourth-order valence-corrected chi connectivity index (χ4v) is 1.47. The zero-order valence-corrected chi connectivity index (χ0v) is 7.90. The van der Waals surface area contributed by atoms with E-state index < -0.39 is 0 Å². The number of benzene rings is 1. The number of H-pyrrole nitrogens is 1. The molecule has 0 saturated carbocycles. The molecule has 2 aromatic rings. The van der Waals surface area contributed by atoms with Crippen molar-refractivity contribution in [3.05, 3.63) is 53.3 Å². The fraction of sp³-hybridized carbons (Fsp3) is 0.182. The molecule has 3 N–H and O–H groups in total. The van der Waals surface area contributed by atoms with Crippen LogP contribution in [0.4, 0.5) is 0 Å². The lowest BCUT2D eigenvalue weighted by Gasteiger charge is -2.01. The molecular formula is C11H13N3. The van der Waals surface area contributed by atoms with Gasteiger partial charge in [-0.1, -0.05) is 24.3 Å². The van der Waals surface area contributed by atoms with Crippen molar-refractivity contribution >= 4 is 0 Å². The SMILES string of the molecule is NCc1cccc(Cc2ccn[nH]2)c1. The van der Waals surface area contributed by atoms with Crippen molar-refractivity contribution in [1.29, 1.82) is 0 Å². The van der Waals surface area contributed by atoms with E-state index in [9.17, 15) is 0 Å². The minimum atomic E-state index is 0.594. The lowest BCUT2D eigenvalue weighted by molar-refractivity contribution is 0.989. The normalized spacial score (nSPS) is 10.4. The van der Waals surface area contributed by atoms with Crippen LogP contribution in [-0.2, 0) is 13.0 Å². The van der Waals surface area contributed by atoms with Crippen molar-refractivity contribution in [3.8, 4) is 0 Å². The number of aromatic nitrogens is 2. The molecular weight excluding hydrogens is 174 g/mol. The topological polar surface area (TPSA) is 54.7 Å². The molecule has 1 aromatic heterocycles. The van der Waals surface area contributed by atoms with Gasteiger partial charge in [-0.25, -0.2) is 0 Å². The second kappa shape index (κ2) is 4.07. The van der Waals surface area contributed by atoms with Crippen molar-refractivity contribution in [2.45, 2.75) is 13.0 Å². The van der Waals surface area contributed by atoms with Crippen molar-refractivity contribution in [1.82, 2.24) is 10.2 Å². The van der Waals surface area contributed by atoms with Gasteiger partial charge in [-0.2, -0.15) is 5.10 Å². The van der Waals surface area contributed by atoms with Crippen LogP contribution in [0.25, 0.3) is 0 Å². The average Bonchev–Trinajstić information content (AvgIpc) is 2.71. The highest BCUT2D eigenvalue weighted by atomic mass is 15.1. The molecule has 0 unspecified atom stereocenters. The summed E-state index contributed by atoms with van der Waals surface area (Å²) in [5.41, 5.74) is 9.13. The maximum absolute atomic E-state index is 5.57. The van der Waals surface area contributed by atoms with E-state index in [1.54, 1.807) is 6.20 Å². The van der Waals surface area contributed by atoms with E-state index in [1.807, 2.05) is 18.2 Å². The van der Waals surface area contributed by atoms with Crippen molar-refractivity contribution in [3.63, 3.8) is 0 Å². The van der Waals surface area contributed by atoms with Crippen molar-refractivity contribution in [2.24, 2.45) is 5.73 Å². The molecule has 0 saturated heterocycles. The third kappa shape index (κ3) is 2.00. The van der Waals surface area contributed by atoms with Crippen LogP contribution in [-0.4, -0.2) is 10.2 Å². The maximum atomic E-state index is 5.57. The Hall–Kier alpha value is -1.61. The Morgan fingerprint density at radius 3 is 2.79 bits per heavy atom. The number of nitrogens with zero attached hydrogens (tertiary/aromatic N) is 1. The molecule has 0 amide bonds. The first-order chi connectivity index (χ1) is 6.88. The van der Waals surface area contributed by atoms with Gasteiger partial charge in [-0.05, 0) is 17.2 Å². The summed E-state index contributed by atoms with van der Waals surface area (Å²) < 4.78 is 0. The fourth-order valence-electron chi connectivity index (χ4n) is 1.47. The maximum Gasteiger partial charge on any atom is 0.0490 e. The molecule has 0 aliphatic carbocycles. The molecule has 0 aliphatic rings. The highest BCUT2D eigenvalue weighted by molar-refractivity contribution is 5.26. The van der Waals surface area contributed by atoms with Crippen LogP contribution in [0, 0.1) is 0 Å². The van der Waals surface area contributed by atoms with Gasteiger partial charge in [0.15, 0.2) is 0 Å². The quantitative estimate of drug-likeness (QED) is 0.764. The predicted octanol–water partition coefficient (Wildman–Crippen LogP) is 1.46. The van der Waals surface area contributed by atoms with Gasteiger partial charge in [0.1, 0.15) is 0 Å². The molecule has 3 nitrogen and oxygen atoms in total. The van der Waals surface area contributed by atoms with E-state index in [4.69, 9.17) is 5.73 Å². The van der Waals surface area contributed by atoms with E-state index in [2.05, 4.69) is 22.3 Å². The highest BCUT2D eigenvalue weighted by Crippen LogP contribution is 2.09. The van der Waals surface area contributed by atoms with E-state index in [0.29, 0.717) is 6.54 Å². The zero-order chi connectivity index (χ0) is 9.80. The smallest absolute Gasteiger partial charge is 0.0490 e. The number of nitrogens with one attached hydrogen (secondary N) is 1. The van der Waals surface area contributed by atoms with Gasteiger partial charge in [0.25, 0.3) is 0 Å². The van der Waals surface area contributed by atoms with E-state index in [0.717, 1.165) is 12.1 Å². The van der Waals surface area contributed by atoms with Gasteiger partial charge in [0, 0.05) is 24.9 Å². The van der Waals surface area contributed by atoms with E-state index in [1.165, 1.54) is 11.1 Å². The Balaban J connectivity index is 2.17. The van der Waals surface area contributed by atoms with Crippen molar-refractivity contribution < 1.29 is 0 Å². The molecule has 0 bridgehead atoms. The number of hydrogen-bond acceptors (Lipinski definition) is 2. The monoisotopic (exact) mass is 187 g/mol. The van der Waals surface area contributed by atoms with Crippen LogP contribution in [0.3, 0.4) is 0 Å². The second-order valence-electron chi connectivity index (χ2n) is 3.28. The third-order valence-electron chi connectivity index (χ3n) is 2.18. The van der Waals surface area contributed by atoms with E-state index in [-0.39, 0.29) is 0 Å². The minimum absolute atomic E-state index is 0.594. The lowest BCUT2D eigenvalue weighted by Crippen LogP contribution is -1.97. The van der Waals surface area contributed by atoms with Crippen LogP contribution in [0.2, 0.25) is 0 Å². The summed E-state index contributed by atoms with van der Waals surface area (Å²) in [6, 6.07) is 10.3. The zero-order valence-electron chi connectivity index (χ0n) is 7.90. The third-order valence-corrected chi connectivity index (χ3v) is 2.18. The summed E-state index contributed by atoms with van der Waals surface area (Å²) in [6.07, 6.45) is 2.65.